The van der Waals surface area contributed by atoms with Crippen LogP contribution < -0.4 is 5.73 Å². The summed E-state index contributed by atoms with van der Waals surface area (Å²) in [5, 5.41) is 0. The lowest BCUT2D eigenvalue weighted by molar-refractivity contribution is 0.785. The molecule has 72 valence electrons. The van der Waals surface area contributed by atoms with Gasteiger partial charge in [-0.15, -0.1) is 0 Å². The molecule has 1 aromatic carbocycles. The van der Waals surface area contributed by atoms with Crippen molar-refractivity contribution in [1.29, 1.82) is 0 Å². The summed E-state index contributed by atoms with van der Waals surface area (Å²) in [7, 11) is 0. The number of nitrogen functional groups attached to an aromatic ring is 1. The van der Waals surface area contributed by atoms with Crippen molar-refractivity contribution >= 4 is 21.7 Å². The minimum Gasteiger partial charge on any atom is -0.384 e. The standard InChI is InChI=1S/C10H10BrN3/c11-10-13-6-9(12)14(10)7-8-4-2-1-3-5-8/h1-6H,7,12H2. The third-order valence-corrected chi connectivity index (χ3v) is 2.65. The van der Waals surface area contributed by atoms with Crippen molar-refractivity contribution in [3.8, 4) is 0 Å². The predicted octanol–water partition coefficient (Wildman–Crippen LogP) is 2.28. The molecule has 0 bridgehead atoms. The monoisotopic (exact) mass is 251 g/mol. The Morgan fingerprint density at radius 1 is 1.29 bits per heavy atom. The molecule has 2 N–H and O–H groups in total. The lowest BCUT2D eigenvalue weighted by Crippen LogP contribution is -2.03. The summed E-state index contributed by atoms with van der Waals surface area (Å²) in [4.78, 5) is 4.07. The molecule has 0 aliphatic rings. The molecule has 4 heteroatoms. The Hall–Kier alpha value is -1.29. The number of anilines is 1. The Labute approximate surface area is 90.7 Å². The van der Waals surface area contributed by atoms with E-state index < -0.39 is 0 Å². The zero-order valence-corrected chi connectivity index (χ0v) is 9.11. The van der Waals surface area contributed by atoms with E-state index in [2.05, 4.69) is 33.0 Å². The van der Waals surface area contributed by atoms with Crippen LogP contribution in [-0.2, 0) is 6.54 Å². The summed E-state index contributed by atoms with van der Waals surface area (Å²) < 4.78 is 2.67. The van der Waals surface area contributed by atoms with Gasteiger partial charge in [-0.05, 0) is 21.5 Å². The van der Waals surface area contributed by atoms with E-state index in [9.17, 15) is 0 Å². The second-order valence-corrected chi connectivity index (χ2v) is 3.73. The Bertz CT molecular complexity index is 403. The molecule has 2 rings (SSSR count). The summed E-state index contributed by atoms with van der Waals surface area (Å²) >= 11 is 3.35. The third-order valence-electron chi connectivity index (χ3n) is 2.02. The van der Waals surface area contributed by atoms with Gasteiger partial charge < -0.3 is 10.3 Å². The molecule has 0 unspecified atom stereocenters. The second kappa shape index (κ2) is 3.84. The quantitative estimate of drug-likeness (QED) is 0.890. The molecular formula is C10H10BrN3. The van der Waals surface area contributed by atoms with Gasteiger partial charge in [-0.3, -0.25) is 0 Å². The summed E-state index contributed by atoms with van der Waals surface area (Å²) in [5.74, 6) is 0.667. The highest BCUT2D eigenvalue weighted by Gasteiger charge is 2.04. The van der Waals surface area contributed by atoms with E-state index in [1.807, 2.05) is 22.8 Å². The highest BCUT2D eigenvalue weighted by atomic mass is 79.9. The zero-order chi connectivity index (χ0) is 9.97. The van der Waals surface area contributed by atoms with Crippen LogP contribution in [-0.4, -0.2) is 9.55 Å². The molecular weight excluding hydrogens is 242 g/mol. The van der Waals surface area contributed by atoms with E-state index in [1.165, 1.54) is 5.56 Å². The number of benzene rings is 1. The van der Waals surface area contributed by atoms with E-state index in [-0.39, 0.29) is 0 Å². The highest BCUT2D eigenvalue weighted by Crippen LogP contribution is 2.15. The third kappa shape index (κ3) is 1.80. The molecule has 0 aliphatic heterocycles. The Morgan fingerprint density at radius 2 is 2.00 bits per heavy atom. The van der Waals surface area contributed by atoms with E-state index in [0.717, 1.165) is 11.3 Å². The first-order valence-electron chi connectivity index (χ1n) is 4.28. The Kier molecular flexibility index (Phi) is 2.54. The van der Waals surface area contributed by atoms with Crippen molar-refractivity contribution in [1.82, 2.24) is 9.55 Å². The summed E-state index contributed by atoms with van der Waals surface area (Å²) in [6, 6.07) is 10.1. The van der Waals surface area contributed by atoms with Crippen molar-refractivity contribution in [3.63, 3.8) is 0 Å². The SMILES string of the molecule is Nc1cnc(Br)n1Cc1ccccc1. The average Bonchev–Trinajstić information content (AvgIpc) is 2.51. The first-order chi connectivity index (χ1) is 6.77. The number of halogens is 1. The molecule has 0 amide bonds. The maximum absolute atomic E-state index is 5.76. The van der Waals surface area contributed by atoms with Gasteiger partial charge in [-0.2, -0.15) is 0 Å². The largest absolute Gasteiger partial charge is 0.384 e. The molecule has 2 aromatic rings. The molecule has 0 spiro atoms. The van der Waals surface area contributed by atoms with Crippen LogP contribution in [0.5, 0.6) is 0 Å². The van der Waals surface area contributed by atoms with Crippen LogP contribution in [0.1, 0.15) is 5.56 Å². The molecule has 0 saturated carbocycles. The van der Waals surface area contributed by atoms with Crippen molar-refractivity contribution in [3.05, 3.63) is 46.8 Å². The van der Waals surface area contributed by atoms with Gasteiger partial charge in [0.05, 0.1) is 12.7 Å². The fourth-order valence-electron chi connectivity index (χ4n) is 1.29. The van der Waals surface area contributed by atoms with Gasteiger partial charge in [0.2, 0.25) is 0 Å². The average molecular weight is 252 g/mol. The van der Waals surface area contributed by atoms with Gasteiger partial charge in [0.15, 0.2) is 4.73 Å². The lowest BCUT2D eigenvalue weighted by Gasteiger charge is -2.05. The molecule has 0 radical (unpaired) electrons. The van der Waals surface area contributed by atoms with Crippen molar-refractivity contribution in [2.24, 2.45) is 0 Å². The van der Waals surface area contributed by atoms with Crippen molar-refractivity contribution in [2.45, 2.75) is 6.54 Å². The van der Waals surface area contributed by atoms with Crippen LogP contribution in [0, 0.1) is 0 Å². The Balaban J connectivity index is 2.27. The van der Waals surface area contributed by atoms with Crippen LogP contribution in [0.15, 0.2) is 41.3 Å². The molecule has 14 heavy (non-hydrogen) atoms. The summed E-state index contributed by atoms with van der Waals surface area (Å²) in [6.07, 6.45) is 1.65. The minimum absolute atomic E-state index is 0.667. The lowest BCUT2D eigenvalue weighted by atomic mass is 10.2. The molecule has 1 heterocycles. The number of hydrogen-bond donors (Lipinski definition) is 1. The molecule has 0 atom stereocenters. The number of nitrogens with zero attached hydrogens (tertiary/aromatic N) is 2. The fraction of sp³-hybridized carbons (Fsp3) is 0.100. The normalized spacial score (nSPS) is 10.4. The molecule has 0 aliphatic carbocycles. The van der Waals surface area contributed by atoms with Crippen LogP contribution in [0.3, 0.4) is 0 Å². The molecule has 0 saturated heterocycles. The predicted molar refractivity (Wildman–Crippen MR) is 59.9 cm³/mol. The van der Waals surface area contributed by atoms with Gasteiger partial charge in [0, 0.05) is 0 Å². The first-order valence-corrected chi connectivity index (χ1v) is 5.07. The van der Waals surface area contributed by atoms with Crippen LogP contribution in [0.4, 0.5) is 5.82 Å². The van der Waals surface area contributed by atoms with E-state index in [1.54, 1.807) is 6.20 Å². The van der Waals surface area contributed by atoms with Crippen molar-refractivity contribution < 1.29 is 0 Å². The minimum atomic E-state index is 0.667. The number of hydrogen-bond acceptors (Lipinski definition) is 2. The van der Waals surface area contributed by atoms with Gasteiger partial charge in [0.1, 0.15) is 5.82 Å². The highest BCUT2D eigenvalue weighted by molar-refractivity contribution is 9.10. The van der Waals surface area contributed by atoms with Crippen LogP contribution in [0.2, 0.25) is 0 Å². The smallest absolute Gasteiger partial charge is 0.179 e. The summed E-state index contributed by atoms with van der Waals surface area (Å²) in [5.41, 5.74) is 6.97. The zero-order valence-electron chi connectivity index (χ0n) is 7.52. The summed E-state index contributed by atoms with van der Waals surface area (Å²) in [6.45, 7) is 0.743. The Morgan fingerprint density at radius 3 is 2.57 bits per heavy atom. The number of nitrogens with two attached hydrogens (primary N) is 1. The molecule has 0 fully saturated rings. The maximum Gasteiger partial charge on any atom is 0.179 e. The van der Waals surface area contributed by atoms with E-state index >= 15 is 0 Å². The molecule has 1 aromatic heterocycles. The number of aromatic nitrogens is 2. The van der Waals surface area contributed by atoms with Gasteiger partial charge in [-0.25, -0.2) is 4.98 Å². The van der Waals surface area contributed by atoms with E-state index in [0.29, 0.717) is 5.82 Å². The van der Waals surface area contributed by atoms with Crippen LogP contribution in [0.25, 0.3) is 0 Å². The number of imidazole rings is 1. The topological polar surface area (TPSA) is 43.8 Å². The van der Waals surface area contributed by atoms with Gasteiger partial charge in [0.25, 0.3) is 0 Å². The van der Waals surface area contributed by atoms with Crippen molar-refractivity contribution in [2.75, 3.05) is 5.73 Å². The first kappa shape index (κ1) is 9.27. The number of rotatable bonds is 2. The van der Waals surface area contributed by atoms with Gasteiger partial charge in [-0.1, -0.05) is 30.3 Å². The second-order valence-electron chi connectivity index (χ2n) is 3.02. The van der Waals surface area contributed by atoms with Gasteiger partial charge >= 0.3 is 0 Å². The maximum atomic E-state index is 5.76. The fourth-order valence-corrected chi connectivity index (χ4v) is 1.72. The van der Waals surface area contributed by atoms with Crippen LogP contribution >= 0.6 is 15.9 Å². The van der Waals surface area contributed by atoms with E-state index in [4.69, 9.17) is 5.73 Å². The molecule has 3 nitrogen and oxygen atoms in total.